The van der Waals surface area contributed by atoms with Gasteiger partial charge in [-0.05, 0) is 36.8 Å². The lowest BCUT2D eigenvalue weighted by Gasteiger charge is -2.20. The van der Waals surface area contributed by atoms with Crippen molar-refractivity contribution in [3.63, 3.8) is 0 Å². The quantitative estimate of drug-likeness (QED) is 0.938. The number of carboxylic acid groups (broad SMARTS) is 1. The molecule has 0 aromatic heterocycles. The number of halogens is 1. The number of aromatic carboxylic acids is 1. The summed E-state index contributed by atoms with van der Waals surface area (Å²) in [5, 5.41) is 8.99. The summed E-state index contributed by atoms with van der Waals surface area (Å²) in [5.74, 6) is -2.45. The minimum Gasteiger partial charge on any atom is -0.478 e. The van der Waals surface area contributed by atoms with E-state index in [0.29, 0.717) is 5.69 Å². The van der Waals surface area contributed by atoms with Crippen LogP contribution in [-0.2, 0) is 10.0 Å². The molecule has 5 nitrogen and oxygen atoms in total. The third-order valence-electron chi connectivity index (χ3n) is 3.24. The van der Waals surface area contributed by atoms with Crippen LogP contribution in [-0.4, -0.2) is 26.5 Å². The summed E-state index contributed by atoms with van der Waals surface area (Å²) in [4.78, 5) is 10.8. The average Bonchev–Trinajstić information content (AvgIpc) is 2.49. The first-order chi connectivity index (χ1) is 10.2. The van der Waals surface area contributed by atoms with E-state index in [-0.39, 0.29) is 10.5 Å². The number of aryl methyl sites for hydroxylation is 1. The Bertz CT molecular complexity index is 819. The van der Waals surface area contributed by atoms with Crippen molar-refractivity contribution in [2.75, 3.05) is 11.4 Å². The van der Waals surface area contributed by atoms with Crippen LogP contribution >= 0.6 is 0 Å². The molecule has 0 heterocycles. The van der Waals surface area contributed by atoms with Crippen LogP contribution in [0.2, 0.25) is 0 Å². The highest BCUT2D eigenvalue weighted by molar-refractivity contribution is 7.92. The zero-order chi connectivity index (χ0) is 16.5. The number of sulfonamides is 1. The molecule has 0 unspecified atom stereocenters. The van der Waals surface area contributed by atoms with Crippen molar-refractivity contribution >= 4 is 21.7 Å². The Morgan fingerprint density at radius 3 is 2.32 bits per heavy atom. The first kappa shape index (κ1) is 16.0. The van der Waals surface area contributed by atoms with E-state index in [1.807, 2.05) is 0 Å². The fourth-order valence-corrected chi connectivity index (χ4v) is 3.28. The van der Waals surface area contributed by atoms with Crippen LogP contribution in [0.25, 0.3) is 0 Å². The summed E-state index contributed by atoms with van der Waals surface area (Å²) >= 11 is 0. The molecule has 1 N–H and O–H groups in total. The van der Waals surface area contributed by atoms with E-state index >= 15 is 0 Å². The molecule has 22 heavy (non-hydrogen) atoms. The molecule has 0 fully saturated rings. The summed E-state index contributed by atoms with van der Waals surface area (Å²) in [6.07, 6.45) is 0. The molecular weight excluding hydrogens is 309 g/mol. The van der Waals surface area contributed by atoms with Gasteiger partial charge in [0.25, 0.3) is 10.0 Å². The van der Waals surface area contributed by atoms with Gasteiger partial charge < -0.3 is 5.11 Å². The molecule has 2 aromatic rings. The van der Waals surface area contributed by atoms with E-state index in [1.54, 1.807) is 30.3 Å². The van der Waals surface area contributed by atoms with E-state index in [9.17, 15) is 17.6 Å². The largest absolute Gasteiger partial charge is 0.478 e. The van der Waals surface area contributed by atoms with Crippen LogP contribution in [0.3, 0.4) is 0 Å². The van der Waals surface area contributed by atoms with Crippen molar-refractivity contribution in [2.24, 2.45) is 0 Å². The van der Waals surface area contributed by atoms with E-state index in [1.165, 1.54) is 14.0 Å². The highest BCUT2D eigenvalue weighted by Gasteiger charge is 2.25. The minimum atomic E-state index is -3.98. The topological polar surface area (TPSA) is 74.7 Å². The Kier molecular flexibility index (Phi) is 4.18. The van der Waals surface area contributed by atoms with Crippen molar-refractivity contribution < 1.29 is 22.7 Å². The van der Waals surface area contributed by atoms with Gasteiger partial charge in [-0.25, -0.2) is 17.6 Å². The summed E-state index contributed by atoms with van der Waals surface area (Å²) in [7, 11) is -2.63. The lowest BCUT2D eigenvalue weighted by Crippen LogP contribution is -2.27. The van der Waals surface area contributed by atoms with Gasteiger partial charge in [0.15, 0.2) is 0 Å². The second-order valence-corrected chi connectivity index (χ2v) is 6.68. The van der Waals surface area contributed by atoms with Gasteiger partial charge >= 0.3 is 5.97 Å². The van der Waals surface area contributed by atoms with Gasteiger partial charge in [0, 0.05) is 7.05 Å². The molecule has 0 radical (unpaired) electrons. The number of benzene rings is 2. The molecular formula is C15H14FNO4S. The molecule has 0 amide bonds. The van der Waals surface area contributed by atoms with Crippen LogP contribution in [0.15, 0.2) is 47.4 Å². The maximum absolute atomic E-state index is 13.8. The second-order valence-electron chi connectivity index (χ2n) is 4.71. The number of rotatable bonds is 4. The van der Waals surface area contributed by atoms with Crippen molar-refractivity contribution in [1.82, 2.24) is 0 Å². The van der Waals surface area contributed by atoms with Crippen molar-refractivity contribution in [1.29, 1.82) is 0 Å². The molecule has 116 valence electrons. The smallest absolute Gasteiger partial charge is 0.338 e. The van der Waals surface area contributed by atoms with E-state index in [2.05, 4.69) is 0 Å². The number of carbonyl (C=O) groups is 1. The lowest BCUT2D eigenvalue weighted by atomic mass is 10.1. The fourth-order valence-electron chi connectivity index (χ4n) is 1.98. The molecule has 2 rings (SSSR count). The van der Waals surface area contributed by atoms with Crippen LogP contribution in [0.5, 0.6) is 0 Å². The van der Waals surface area contributed by atoms with Gasteiger partial charge in [0.05, 0.1) is 16.1 Å². The van der Waals surface area contributed by atoms with E-state index in [0.717, 1.165) is 16.4 Å². The summed E-state index contributed by atoms with van der Waals surface area (Å²) in [5.41, 5.74) is -0.290. The molecule has 0 aliphatic rings. The lowest BCUT2D eigenvalue weighted by molar-refractivity contribution is 0.0691. The third kappa shape index (κ3) is 2.80. The second kappa shape index (κ2) is 5.76. The highest BCUT2D eigenvalue weighted by Crippen LogP contribution is 2.25. The van der Waals surface area contributed by atoms with Crippen molar-refractivity contribution in [3.05, 3.63) is 59.4 Å². The first-order valence-corrected chi connectivity index (χ1v) is 7.76. The number of hydrogen-bond acceptors (Lipinski definition) is 3. The van der Waals surface area contributed by atoms with Crippen molar-refractivity contribution in [3.8, 4) is 0 Å². The van der Waals surface area contributed by atoms with Crippen LogP contribution < -0.4 is 4.31 Å². The zero-order valence-electron chi connectivity index (χ0n) is 11.9. The Morgan fingerprint density at radius 2 is 1.77 bits per heavy atom. The summed E-state index contributed by atoms with van der Waals surface area (Å²) in [6, 6.07) is 10.3. The predicted molar refractivity (Wildman–Crippen MR) is 80.1 cm³/mol. The van der Waals surface area contributed by atoms with E-state index < -0.39 is 27.4 Å². The number of anilines is 1. The zero-order valence-corrected chi connectivity index (χ0v) is 12.8. The third-order valence-corrected chi connectivity index (χ3v) is 5.00. The predicted octanol–water partition coefficient (Wildman–Crippen LogP) is 2.66. The molecule has 0 atom stereocenters. The molecule has 0 aliphatic heterocycles. The summed E-state index contributed by atoms with van der Waals surface area (Å²) < 4.78 is 39.9. The molecule has 0 saturated carbocycles. The Hall–Kier alpha value is -2.41. The molecule has 0 aliphatic carbocycles. The van der Waals surface area contributed by atoms with Gasteiger partial charge in [-0.15, -0.1) is 0 Å². The van der Waals surface area contributed by atoms with Gasteiger partial charge in [0.2, 0.25) is 0 Å². The fraction of sp³-hybridized carbons (Fsp3) is 0.133. The van der Waals surface area contributed by atoms with Crippen LogP contribution in [0.1, 0.15) is 15.9 Å². The Morgan fingerprint density at radius 1 is 1.18 bits per heavy atom. The Balaban J connectivity index is 2.57. The highest BCUT2D eigenvalue weighted by atomic mass is 32.2. The minimum absolute atomic E-state index is 0.0417. The maximum Gasteiger partial charge on any atom is 0.338 e. The molecule has 2 aromatic carbocycles. The first-order valence-electron chi connectivity index (χ1n) is 6.32. The number of carboxylic acids is 1. The van der Waals surface area contributed by atoms with Gasteiger partial charge in [-0.2, -0.15) is 0 Å². The normalized spacial score (nSPS) is 11.2. The van der Waals surface area contributed by atoms with Crippen LogP contribution in [0.4, 0.5) is 10.1 Å². The number of para-hydroxylation sites is 1. The Labute approximate surface area is 127 Å². The average molecular weight is 323 g/mol. The van der Waals surface area contributed by atoms with Gasteiger partial charge in [0.1, 0.15) is 5.82 Å². The maximum atomic E-state index is 13.8. The molecule has 0 spiro atoms. The van der Waals surface area contributed by atoms with Crippen LogP contribution in [0, 0.1) is 12.7 Å². The van der Waals surface area contributed by atoms with Gasteiger partial charge in [-0.3, -0.25) is 4.31 Å². The monoisotopic (exact) mass is 323 g/mol. The van der Waals surface area contributed by atoms with Gasteiger partial charge in [-0.1, -0.05) is 18.2 Å². The SMILES string of the molecule is Cc1cc(S(=O)(=O)N(C)c2ccccc2)cc(C(=O)O)c1F. The number of nitrogens with zero attached hydrogens (tertiary/aromatic N) is 1. The number of hydrogen-bond donors (Lipinski definition) is 1. The van der Waals surface area contributed by atoms with Crippen molar-refractivity contribution in [2.45, 2.75) is 11.8 Å². The van der Waals surface area contributed by atoms with E-state index in [4.69, 9.17) is 5.11 Å². The molecule has 0 bridgehead atoms. The standard InChI is InChI=1S/C15H14FNO4S/c1-10-8-12(9-13(14(10)16)15(18)19)22(20,21)17(2)11-6-4-3-5-7-11/h3-9H,1-2H3,(H,18,19). The molecule has 0 saturated heterocycles. The summed E-state index contributed by atoms with van der Waals surface area (Å²) in [6.45, 7) is 1.32. The molecule has 7 heteroatoms.